The molecule has 0 unspecified atom stereocenters. The van der Waals surface area contributed by atoms with Crippen LogP contribution in [-0.4, -0.2) is 23.7 Å². The second-order valence-corrected chi connectivity index (χ2v) is 5.18. The number of ether oxygens (including phenoxy) is 2. The minimum Gasteiger partial charge on any atom is -0.494 e. The number of rotatable bonds is 9. The number of benzene rings is 2. The molecule has 2 aromatic carbocycles. The second kappa shape index (κ2) is 8.80. The summed E-state index contributed by atoms with van der Waals surface area (Å²) in [7, 11) is 0. The SMILES string of the molecule is N[C@@H](CCCCOc1ccc(Oc2ccccc2)cc1)C(=O)O. The molecule has 2 rings (SSSR count). The van der Waals surface area contributed by atoms with Gasteiger partial charge < -0.3 is 20.3 Å². The molecule has 0 aromatic heterocycles. The summed E-state index contributed by atoms with van der Waals surface area (Å²) in [4.78, 5) is 10.6. The van der Waals surface area contributed by atoms with Crippen LogP contribution in [0, 0.1) is 0 Å². The van der Waals surface area contributed by atoms with Crippen LogP contribution in [0.3, 0.4) is 0 Å². The molecular formula is C18H21NO4. The average molecular weight is 315 g/mol. The maximum Gasteiger partial charge on any atom is 0.320 e. The lowest BCUT2D eigenvalue weighted by Crippen LogP contribution is -2.29. The Bertz CT molecular complexity index is 598. The van der Waals surface area contributed by atoms with Crippen molar-refractivity contribution in [1.82, 2.24) is 0 Å². The molecule has 0 amide bonds. The first-order valence-electron chi connectivity index (χ1n) is 7.59. The number of aliphatic carboxylic acids is 1. The third-order valence-electron chi connectivity index (χ3n) is 3.30. The standard InChI is InChI=1S/C18H21NO4/c19-17(18(20)21)8-4-5-13-22-14-9-11-16(12-10-14)23-15-6-2-1-3-7-15/h1-3,6-7,9-12,17H,4-5,8,13,19H2,(H,20,21)/t17-/m0/s1. The predicted molar refractivity (Wildman–Crippen MR) is 87.9 cm³/mol. The van der Waals surface area contributed by atoms with Gasteiger partial charge >= 0.3 is 5.97 Å². The van der Waals surface area contributed by atoms with E-state index in [0.29, 0.717) is 13.0 Å². The van der Waals surface area contributed by atoms with Crippen LogP contribution >= 0.6 is 0 Å². The first-order valence-corrected chi connectivity index (χ1v) is 7.59. The van der Waals surface area contributed by atoms with Gasteiger partial charge in [0.2, 0.25) is 0 Å². The Morgan fingerprint density at radius 3 is 2.22 bits per heavy atom. The number of hydrogen-bond donors (Lipinski definition) is 2. The largest absolute Gasteiger partial charge is 0.494 e. The molecule has 1 atom stereocenters. The summed E-state index contributed by atoms with van der Waals surface area (Å²) in [5.74, 6) is 1.33. The van der Waals surface area contributed by atoms with Gasteiger partial charge in [-0.15, -0.1) is 0 Å². The Morgan fingerprint density at radius 2 is 1.57 bits per heavy atom. The normalized spacial score (nSPS) is 11.7. The van der Waals surface area contributed by atoms with Gasteiger partial charge in [0.1, 0.15) is 23.3 Å². The highest BCUT2D eigenvalue weighted by molar-refractivity contribution is 5.72. The van der Waals surface area contributed by atoms with Crippen LogP contribution in [0.1, 0.15) is 19.3 Å². The average Bonchev–Trinajstić information content (AvgIpc) is 2.56. The van der Waals surface area contributed by atoms with E-state index in [1.807, 2.05) is 54.6 Å². The molecule has 0 aliphatic rings. The number of hydrogen-bond acceptors (Lipinski definition) is 4. The van der Waals surface area contributed by atoms with Crippen molar-refractivity contribution in [1.29, 1.82) is 0 Å². The second-order valence-electron chi connectivity index (χ2n) is 5.18. The highest BCUT2D eigenvalue weighted by atomic mass is 16.5. The van der Waals surface area contributed by atoms with Crippen molar-refractivity contribution < 1.29 is 19.4 Å². The van der Waals surface area contributed by atoms with E-state index in [9.17, 15) is 4.79 Å². The smallest absolute Gasteiger partial charge is 0.320 e. The summed E-state index contributed by atoms with van der Waals surface area (Å²) < 4.78 is 11.3. The lowest BCUT2D eigenvalue weighted by molar-refractivity contribution is -0.138. The van der Waals surface area contributed by atoms with Crippen molar-refractivity contribution in [2.75, 3.05) is 6.61 Å². The first-order chi connectivity index (χ1) is 11.1. The summed E-state index contributed by atoms with van der Waals surface area (Å²) in [6.45, 7) is 0.533. The van der Waals surface area contributed by atoms with Gasteiger partial charge in [0.15, 0.2) is 0 Å². The highest BCUT2D eigenvalue weighted by Crippen LogP contribution is 2.23. The van der Waals surface area contributed by atoms with Crippen molar-refractivity contribution in [3.8, 4) is 17.2 Å². The van der Waals surface area contributed by atoms with Gasteiger partial charge in [0, 0.05) is 0 Å². The monoisotopic (exact) mass is 315 g/mol. The summed E-state index contributed by atoms with van der Waals surface area (Å²) >= 11 is 0. The number of carboxylic acids is 1. The Morgan fingerprint density at radius 1 is 0.957 bits per heavy atom. The van der Waals surface area contributed by atoms with E-state index in [1.54, 1.807) is 0 Å². The van der Waals surface area contributed by atoms with Gasteiger partial charge in [-0.3, -0.25) is 4.79 Å². The van der Waals surface area contributed by atoms with E-state index >= 15 is 0 Å². The highest BCUT2D eigenvalue weighted by Gasteiger charge is 2.09. The van der Waals surface area contributed by atoms with Crippen LogP contribution < -0.4 is 15.2 Å². The van der Waals surface area contributed by atoms with E-state index in [1.165, 1.54) is 0 Å². The molecule has 0 saturated carbocycles. The zero-order chi connectivity index (χ0) is 16.5. The Hall–Kier alpha value is -2.53. The van der Waals surface area contributed by atoms with Crippen molar-refractivity contribution >= 4 is 5.97 Å². The number of para-hydroxylation sites is 1. The predicted octanol–water partition coefficient (Wildman–Crippen LogP) is 3.44. The molecule has 0 heterocycles. The Kier molecular flexibility index (Phi) is 6.44. The fourth-order valence-corrected chi connectivity index (χ4v) is 2.01. The number of carboxylic acid groups (broad SMARTS) is 1. The maximum atomic E-state index is 10.6. The van der Waals surface area contributed by atoms with Gasteiger partial charge in [-0.05, 0) is 55.7 Å². The minimum absolute atomic E-state index is 0.461. The molecule has 0 aliphatic carbocycles. The summed E-state index contributed by atoms with van der Waals surface area (Å²) in [6, 6.07) is 16.2. The summed E-state index contributed by atoms with van der Waals surface area (Å²) in [5.41, 5.74) is 5.44. The van der Waals surface area contributed by atoms with Crippen LogP contribution in [0.25, 0.3) is 0 Å². The van der Waals surface area contributed by atoms with Gasteiger partial charge in [-0.2, -0.15) is 0 Å². The number of carbonyl (C=O) groups is 1. The molecule has 3 N–H and O–H groups in total. The number of nitrogens with two attached hydrogens (primary N) is 1. The number of unbranched alkanes of at least 4 members (excludes halogenated alkanes) is 1. The van der Waals surface area contributed by atoms with E-state index in [2.05, 4.69) is 0 Å². The van der Waals surface area contributed by atoms with E-state index < -0.39 is 12.0 Å². The molecule has 5 nitrogen and oxygen atoms in total. The lowest BCUT2D eigenvalue weighted by Gasteiger charge is -2.09. The fraction of sp³-hybridized carbons (Fsp3) is 0.278. The molecule has 0 spiro atoms. The molecular weight excluding hydrogens is 294 g/mol. The minimum atomic E-state index is -0.958. The fourth-order valence-electron chi connectivity index (χ4n) is 2.01. The zero-order valence-corrected chi connectivity index (χ0v) is 12.9. The van der Waals surface area contributed by atoms with Crippen LogP contribution in [0.2, 0.25) is 0 Å². The maximum absolute atomic E-state index is 10.6. The van der Waals surface area contributed by atoms with E-state index in [0.717, 1.165) is 30.1 Å². The summed E-state index contributed by atoms with van der Waals surface area (Å²) in [5, 5.41) is 8.68. The summed E-state index contributed by atoms with van der Waals surface area (Å²) in [6.07, 6.45) is 1.95. The molecule has 0 aliphatic heterocycles. The molecule has 2 aromatic rings. The first kappa shape index (κ1) is 16.8. The van der Waals surface area contributed by atoms with Crippen LogP contribution in [0.5, 0.6) is 17.2 Å². The van der Waals surface area contributed by atoms with Crippen molar-refractivity contribution in [2.24, 2.45) is 5.73 Å². The molecule has 0 saturated heterocycles. The van der Waals surface area contributed by atoms with Crippen molar-refractivity contribution in [3.63, 3.8) is 0 Å². The topological polar surface area (TPSA) is 81.8 Å². The van der Waals surface area contributed by atoms with Crippen molar-refractivity contribution in [2.45, 2.75) is 25.3 Å². The van der Waals surface area contributed by atoms with E-state index in [-0.39, 0.29) is 0 Å². The zero-order valence-electron chi connectivity index (χ0n) is 12.9. The Labute approximate surface area is 135 Å². The van der Waals surface area contributed by atoms with Crippen molar-refractivity contribution in [3.05, 3.63) is 54.6 Å². The molecule has 23 heavy (non-hydrogen) atoms. The van der Waals surface area contributed by atoms with E-state index in [4.69, 9.17) is 20.3 Å². The third-order valence-corrected chi connectivity index (χ3v) is 3.30. The molecule has 0 radical (unpaired) electrons. The van der Waals surface area contributed by atoms with Crippen LogP contribution in [0.4, 0.5) is 0 Å². The quantitative estimate of drug-likeness (QED) is 0.693. The molecule has 0 bridgehead atoms. The Balaban J connectivity index is 1.70. The van der Waals surface area contributed by atoms with Crippen LogP contribution in [-0.2, 0) is 4.79 Å². The van der Waals surface area contributed by atoms with Gasteiger partial charge in [-0.25, -0.2) is 0 Å². The molecule has 0 fully saturated rings. The van der Waals surface area contributed by atoms with Gasteiger partial charge in [-0.1, -0.05) is 18.2 Å². The molecule has 5 heteroatoms. The third kappa shape index (κ3) is 6.00. The molecule has 122 valence electrons. The van der Waals surface area contributed by atoms with Gasteiger partial charge in [0.25, 0.3) is 0 Å². The van der Waals surface area contributed by atoms with Crippen LogP contribution in [0.15, 0.2) is 54.6 Å². The van der Waals surface area contributed by atoms with Gasteiger partial charge in [0.05, 0.1) is 6.61 Å². The lowest BCUT2D eigenvalue weighted by atomic mass is 10.1.